The Morgan fingerprint density at radius 3 is 2.75 bits per heavy atom. The molecule has 3 nitrogen and oxygen atoms in total. The summed E-state index contributed by atoms with van der Waals surface area (Å²) in [4.78, 5) is 17.5. The minimum Gasteiger partial charge on any atom is -0.319 e. The number of fused-ring (bicyclic) bond motifs is 1. The fourth-order valence-electron chi connectivity index (χ4n) is 3.04. The molecule has 3 rings (SSSR count). The molecule has 1 saturated carbocycles. The van der Waals surface area contributed by atoms with Crippen LogP contribution in [0.3, 0.4) is 0 Å². The largest absolute Gasteiger partial charge is 0.319 e. The lowest BCUT2D eigenvalue weighted by atomic mass is 9.89. The highest BCUT2D eigenvalue weighted by atomic mass is 32.1. The number of aryl methyl sites for hydroxylation is 2. The van der Waals surface area contributed by atoms with E-state index < -0.39 is 0 Å². The molecule has 0 radical (unpaired) electrons. The number of hydrogen-bond donors (Lipinski definition) is 0. The Balaban J connectivity index is 2.01. The number of para-hydroxylation sites is 1. The number of thiazole rings is 1. The third-order valence-electron chi connectivity index (χ3n) is 4.18. The zero-order valence-corrected chi connectivity index (χ0v) is 12.9. The number of hydrogen-bond acceptors (Lipinski definition) is 2. The highest BCUT2D eigenvalue weighted by molar-refractivity contribution is 7.16. The molecule has 2 aromatic rings. The zero-order chi connectivity index (χ0) is 14.1. The average Bonchev–Trinajstić information content (AvgIpc) is 2.78. The van der Waals surface area contributed by atoms with E-state index in [1.165, 1.54) is 35.0 Å². The summed E-state index contributed by atoms with van der Waals surface area (Å²) in [5.41, 5.74) is 2.42. The van der Waals surface area contributed by atoms with Crippen molar-refractivity contribution in [1.29, 1.82) is 0 Å². The highest BCUT2D eigenvalue weighted by Crippen LogP contribution is 2.25. The molecule has 1 fully saturated rings. The summed E-state index contributed by atoms with van der Waals surface area (Å²) in [6, 6.07) is 6.25. The van der Waals surface area contributed by atoms with Crippen LogP contribution in [0.2, 0.25) is 0 Å². The van der Waals surface area contributed by atoms with E-state index in [4.69, 9.17) is 0 Å². The van der Waals surface area contributed by atoms with Crippen LogP contribution in [0.5, 0.6) is 0 Å². The molecule has 0 bridgehead atoms. The van der Waals surface area contributed by atoms with Crippen LogP contribution in [0.1, 0.15) is 37.7 Å². The van der Waals surface area contributed by atoms with Gasteiger partial charge in [0.15, 0.2) is 4.80 Å². The molecule has 1 heterocycles. The maximum Gasteiger partial charge on any atom is 0.251 e. The molecule has 0 saturated heterocycles. The number of carbonyl (C=O) groups is 1. The fourth-order valence-corrected chi connectivity index (χ4v) is 4.14. The lowest BCUT2D eigenvalue weighted by Crippen LogP contribution is -2.20. The van der Waals surface area contributed by atoms with Crippen molar-refractivity contribution >= 4 is 27.5 Å². The van der Waals surface area contributed by atoms with Gasteiger partial charge in [0.05, 0.1) is 10.2 Å². The first-order chi connectivity index (χ1) is 9.66. The van der Waals surface area contributed by atoms with E-state index in [0.29, 0.717) is 0 Å². The molecule has 1 aliphatic rings. The second-order valence-electron chi connectivity index (χ2n) is 5.65. The lowest BCUT2D eigenvalue weighted by Gasteiger charge is -2.17. The first kappa shape index (κ1) is 13.6. The van der Waals surface area contributed by atoms with Crippen LogP contribution in [0.25, 0.3) is 10.2 Å². The van der Waals surface area contributed by atoms with E-state index in [1.807, 2.05) is 7.05 Å². The highest BCUT2D eigenvalue weighted by Gasteiger charge is 2.20. The van der Waals surface area contributed by atoms with Gasteiger partial charge < -0.3 is 4.57 Å². The third-order valence-corrected chi connectivity index (χ3v) is 5.28. The molecule has 1 aliphatic carbocycles. The molecule has 106 valence electrons. The van der Waals surface area contributed by atoms with Crippen molar-refractivity contribution in [3.63, 3.8) is 0 Å². The van der Waals surface area contributed by atoms with Gasteiger partial charge in [0, 0.05) is 13.0 Å². The summed E-state index contributed by atoms with van der Waals surface area (Å²) in [7, 11) is 2.00. The molecule has 1 amide bonds. The molecular weight excluding hydrogens is 268 g/mol. The average molecular weight is 288 g/mol. The minimum atomic E-state index is 0.0736. The Labute approximate surface area is 123 Å². The van der Waals surface area contributed by atoms with Crippen LogP contribution in [0, 0.1) is 12.8 Å². The quantitative estimate of drug-likeness (QED) is 0.790. The number of benzene rings is 1. The monoisotopic (exact) mass is 288 g/mol. The van der Waals surface area contributed by atoms with Crippen LogP contribution in [0.15, 0.2) is 23.2 Å². The molecule has 0 spiro atoms. The maximum absolute atomic E-state index is 12.3. The van der Waals surface area contributed by atoms with E-state index in [9.17, 15) is 4.79 Å². The predicted molar refractivity (Wildman–Crippen MR) is 82.7 cm³/mol. The smallest absolute Gasteiger partial charge is 0.251 e. The summed E-state index contributed by atoms with van der Waals surface area (Å²) >= 11 is 1.61. The fraction of sp³-hybridized carbons (Fsp3) is 0.500. The van der Waals surface area contributed by atoms with Crippen molar-refractivity contribution in [2.24, 2.45) is 18.0 Å². The lowest BCUT2D eigenvalue weighted by molar-refractivity contribution is -0.122. The second kappa shape index (κ2) is 5.52. The maximum atomic E-state index is 12.3. The number of amides is 1. The van der Waals surface area contributed by atoms with E-state index >= 15 is 0 Å². The normalized spacial score (nSPS) is 17.8. The molecule has 4 heteroatoms. The minimum absolute atomic E-state index is 0.0736. The van der Waals surface area contributed by atoms with Crippen molar-refractivity contribution < 1.29 is 4.79 Å². The zero-order valence-electron chi connectivity index (χ0n) is 12.1. The first-order valence-electron chi connectivity index (χ1n) is 7.30. The van der Waals surface area contributed by atoms with Gasteiger partial charge in [-0.15, -0.1) is 0 Å². The van der Waals surface area contributed by atoms with Crippen molar-refractivity contribution in [2.45, 2.75) is 39.0 Å². The van der Waals surface area contributed by atoms with Gasteiger partial charge >= 0.3 is 0 Å². The van der Waals surface area contributed by atoms with Crippen molar-refractivity contribution in [2.75, 3.05) is 0 Å². The van der Waals surface area contributed by atoms with Gasteiger partial charge in [0.25, 0.3) is 5.91 Å². The summed E-state index contributed by atoms with van der Waals surface area (Å²) in [6.45, 7) is 2.10. The number of aromatic nitrogens is 1. The predicted octanol–water partition coefficient (Wildman–Crippen LogP) is 3.56. The summed E-state index contributed by atoms with van der Waals surface area (Å²) in [5, 5.41) is 0. The Bertz CT molecular complexity index is 705. The van der Waals surface area contributed by atoms with Crippen LogP contribution in [-0.2, 0) is 11.8 Å². The summed E-state index contributed by atoms with van der Waals surface area (Å²) < 4.78 is 3.25. The topological polar surface area (TPSA) is 34.4 Å². The number of nitrogens with zero attached hydrogens (tertiary/aromatic N) is 2. The SMILES string of the molecule is Cc1cccc2sc(=NC(=O)C3CCCCC3)n(C)c12. The van der Waals surface area contributed by atoms with Crippen molar-refractivity contribution in [3.8, 4) is 0 Å². The van der Waals surface area contributed by atoms with Gasteiger partial charge in [-0.3, -0.25) is 4.79 Å². The Kier molecular flexibility index (Phi) is 3.74. The molecule has 0 atom stereocenters. The van der Waals surface area contributed by atoms with E-state index in [0.717, 1.165) is 17.6 Å². The van der Waals surface area contributed by atoms with Gasteiger partial charge in [0.2, 0.25) is 0 Å². The molecule has 20 heavy (non-hydrogen) atoms. The van der Waals surface area contributed by atoms with Gasteiger partial charge in [-0.05, 0) is 31.4 Å². The van der Waals surface area contributed by atoms with Crippen LogP contribution < -0.4 is 4.80 Å². The molecule has 0 aliphatic heterocycles. The molecule has 1 aromatic heterocycles. The van der Waals surface area contributed by atoms with E-state index in [2.05, 4.69) is 34.7 Å². The van der Waals surface area contributed by atoms with Gasteiger partial charge in [-0.1, -0.05) is 42.7 Å². The van der Waals surface area contributed by atoms with Crippen molar-refractivity contribution in [1.82, 2.24) is 4.57 Å². The van der Waals surface area contributed by atoms with Gasteiger partial charge in [-0.2, -0.15) is 4.99 Å². The second-order valence-corrected chi connectivity index (χ2v) is 6.66. The Morgan fingerprint density at radius 2 is 2.05 bits per heavy atom. The molecule has 1 aromatic carbocycles. The molecule has 0 unspecified atom stereocenters. The number of carbonyl (C=O) groups excluding carboxylic acids is 1. The van der Waals surface area contributed by atoms with Crippen molar-refractivity contribution in [3.05, 3.63) is 28.6 Å². The summed E-state index contributed by atoms with van der Waals surface area (Å²) in [6.07, 6.45) is 5.62. The van der Waals surface area contributed by atoms with Crippen LogP contribution in [-0.4, -0.2) is 10.5 Å². The van der Waals surface area contributed by atoms with E-state index in [1.54, 1.807) is 11.3 Å². The molecule has 0 N–H and O–H groups in total. The molecular formula is C16H20N2OS. The number of rotatable bonds is 1. The van der Waals surface area contributed by atoms with Gasteiger partial charge in [0.1, 0.15) is 0 Å². The summed E-state index contributed by atoms with van der Waals surface area (Å²) in [5.74, 6) is 0.222. The Hall–Kier alpha value is -1.42. The standard InChI is InChI=1S/C16H20N2OS/c1-11-7-6-10-13-14(11)18(2)16(20-13)17-15(19)12-8-4-3-5-9-12/h6-7,10,12H,3-5,8-9H2,1-2H3. The van der Waals surface area contributed by atoms with Gasteiger partial charge in [-0.25, -0.2) is 0 Å². The Morgan fingerprint density at radius 1 is 1.30 bits per heavy atom. The van der Waals surface area contributed by atoms with Crippen LogP contribution >= 0.6 is 11.3 Å². The first-order valence-corrected chi connectivity index (χ1v) is 8.12. The third kappa shape index (κ3) is 2.44. The van der Waals surface area contributed by atoms with E-state index in [-0.39, 0.29) is 11.8 Å². The van der Waals surface area contributed by atoms with Crippen LogP contribution in [0.4, 0.5) is 0 Å².